The number of Topliss-reactive ketones (excluding diaryl/α,β-unsaturated/α-hetero) is 1. The van der Waals surface area contributed by atoms with Gasteiger partial charge >= 0.3 is 5.97 Å². The average Bonchev–Trinajstić information content (AvgIpc) is 3.21. The first-order chi connectivity index (χ1) is 16.4. The lowest BCUT2D eigenvalue weighted by molar-refractivity contribution is -0.154. The van der Waals surface area contributed by atoms with Crippen LogP contribution in [0.2, 0.25) is 0 Å². The Kier molecular flexibility index (Phi) is 10.6. The van der Waals surface area contributed by atoms with Crippen molar-refractivity contribution in [3.63, 3.8) is 0 Å². The number of thiazole rings is 1. The first kappa shape index (κ1) is 29.1. The van der Waals surface area contributed by atoms with Crippen LogP contribution >= 0.6 is 11.3 Å². The Balaban J connectivity index is 2.41. The van der Waals surface area contributed by atoms with Crippen LogP contribution in [0, 0.1) is 24.2 Å². The van der Waals surface area contributed by atoms with Crippen molar-refractivity contribution >= 4 is 29.2 Å². The molecule has 1 aromatic rings. The van der Waals surface area contributed by atoms with Gasteiger partial charge < -0.3 is 20.1 Å². The molecule has 0 unspecified atom stereocenters. The van der Waals surface area contributed by atoms with E-state index in [-0.39, 0.29) is 24.7 Å². The van der Waals surface area contributed by atoms with Crippen molar-refractivity contribution in [2.75, 3.05) is 6.61 Å². The monoisotopic (exact) mass is 505 g/mol. The van der Waals surface area contributed by atoms with E-state index < -0.39 is 35.6 Å². The van der Waals surface area contributed by atoms with Crippen LogP contribution in [0.3, 0.4) is 0 Å². The smallest absolute Gasteiger partial charge is 0.309 e. The Morgan fingerprint density at radius 1 is 1.26 bits per heavy atom. The number of ether oxygens (including phenoxy) is 1. The number of ketones is 1. The normalized spacial score (nSPS) is 29.6. The van der Waals surface area contributed by atoms with Crippen molar-refractivity contribution in [3.8, 4) is 0 Å². The van der Waals surface area contributed by atoms with Gasteiger partial charge in [0.2, 0.25) is 0 Å². The van der Waals surface area contributed by atoms with Crippen LogP contribution in [0.4, 0.5) is 0 Å². The number of aromatic nitrogens is 1. The number of hydrogen-bond acceptors (Lipinski definition) is 8. The molecule has 0 amide bonds. The minimum atomic E-state index is -1.27. The third-order valence-corrected chi connectivity index (χ3v) is 7.54. The van der Waals surface area contributed by atoms with Gasteiger partial charge in [-0.3, -0.25) is 9.59 Å². The molecule has 35 heavy (non-hydrogen) atoms. The van der Waals surface area contributed by atoms with E-state index in [1.54, 1.807) is 26.8 Å². The van der Waals surface area contributed by atoms with E-state index in [1.165, 1.54) is 11.3 Å². The quantitative estimate of drug-likeness (QED) is 0.531. The lowest BCUT2D eigenvalue weighted by atomic mass is 9.73. The van der Waals surface area contributed by atoms with Crippen LogP contribution in [0.1, 0.15) is 64.6 Å². The Morgan fingerprint density at radius 3 is 2.54 bits per heavy atom. The second-order valence-corrected chi connectivity index (χ2v) is 11.1. The predicted molar refractivity (Wildman–Crippen MR) is 138 cm³/mol. The summed E-state index contributed by atoms with van der Waals surface area (Å²) in [4.78, 5) is 30.4. The molecular formula is C27H39NO6S. The second-order valence-electron chi connectivity index (χ2n) is 10.0. The van der Waals surface area contributed by atoms with Gasteiger partial charge in [-0.25, -0.2) is 4.98 Å². The lowest BCUT2D eigenvalue weighted by Crippen LogP contribution is -2.45. The van der Waals surface area contributed by atoms with Crippen LogP contribution in [-0.4, -0.2) is 57.0 Å². The molecule has 8 heteroatoms. The number of cyclic esters (lactones) is 1. The van der Waals surface area contributed by atoms with E-state index in [9.17, 15) is 24.9 Å². The van der Waals surface area contributed by atoms with Crippen molar-refractivity contribution in [1.82, 2.24) is 4.98 Å². The molecule has 2 rings (SSSR count). The molecular weight excluding hydrogens is 466 g/mol. The SMILES string of the molecule is CC(=Cc1csc(C)n1)[C@@H]1CC=C(CO)C=CC[C@H](C)[C@H](O)[C@@H](C)C(=O)C(C)(C)[C@@H](O)CC(=O)O1. The predicted octanol–water partition coefficient (Wildman–Crippen LogP) is 4.01. The number of hydrogen-bond donors (Lipinski definition) is 3. The molecule has 1 aliphatic heterocycles. The number of nitrogens with zero attached hydrogens (tertiary/aromatic N) is 1. The van der Waals surface area contributed by atoms with Gasteiger partial charge in [-0.05, 0) is 43.4 Å². The van der Waals surface area contributed by atoms with Crippen molar-refractivity contribution < 1.29 is 29.6 Å². The summed E-state index contributed by atoms with van der Waals surface area (Å²) < 4.78 is 5.75. The highest BCUT2D eigenvalue weighted by Gasteiger charge is 2.42. The Hall–Kier alpha value is -2.13. The highest BCUT2D eigenvalue weighted by Crippen LogP contribution is 2.32. The van der Waals surface area contributed by atoms with Crippen molar-refractivity contribution in [1.29, 1.82) is 0 Å². The largest absolute Gasteiger partial charge is 0.457 e. The summed E-state index contributed by atoms with van der Waals surface area (Å²) in [5, 5.41) is 34.2. The molecule has 0 fully saturated rings. The van der Waals surface area contributed by atoms with E-state index in [0.717, 1.165) is 16.3 Å². The van der Waals surface area contributed by atoms with Gasteiger partial charge in [0.15, 0.2) is 0 Å². The van der Waals surface area contributed by atoms with Gasteiger partial charge in [0, 0.05) is 17.7 Å². The van der Waals surface area contributed by atoms with Crippen LogP contribution in [0.15, 0.2) is 34.8 Å². The maximum absolute atomic E-state index is 13.2. The fourth-order valence-electron chi connectivity index (χ4n) is 4.14. The first-order valence-electron chi connectivity index (χ1n) is 12.0. The minimum absolute atomic E-state index is 0.191. The zero-order chi connectivity index (χ0) is 26.3. The third-order valence-electron chi connectivity index (χ3n) is 6.75. The molecule has 3 N–H and O–H groups in total. The highest BCUT2D eigenvalue weighted by molar-refractivity contribution is 7.09. The van der Waals surface area contributed by atoms with E-state index in [0.29, 0.717) is 18.4 Å². The molecule has 0 saturated carbocycles. The third kappa shape index (κ3) is 7.93. The zero-order valence-electron chi connectivity index (χ0n) is 21.5. The topological polar surface area (TPSA) is 117 Å². The summed E-state index contributed by atoms with van der Waals surface area (Å²) in [6.45, 7) is 10.3. The van der Waals surface area contributed by atoms with Crippen LogP contribution in [0.25, 0.3) is 6.08 Å². The van der Waals surface area contributed by atoms with E-state index in [1.807, 2.05) is 44.4 Å². The lowest BCUT2D eigenvalue weighted by Gasteiger charge is -2.34. The summed E-state index contributed by atoms with van der Waals surface area (Å²) >= 11 is 1.52. The number of aliphatic hydroxyl groups excluding tert-OH is 3. The van der Waals surface area contributed by atoms with Gasteiger partial charge in [-0.2, -0.15) is 0 Å². The van der Waals surface area contributed by atoms with E-state index >= 15 is 0 Å². The Labute approximate surface area is 212 Å². The highest BCUT2D eigenvalue weighted by atomic mass is 32.1. The fourth-order valence-corrected chi connectivity index (χ4v) is 4.71. The van der Waals surface area contributed by atoms with Gasteiger partial charge in [0.05, 0.1) is 41.4 Å². The van der Waals surface area contributed by atoms with Crippen LogP contribution < -0.4 is 0 Å². The molecule has 5 atom stereocenters. The van der Waals surface area contributed by atoms with E-state index in [2.05, 4.69) is 4.98 Å². The molecule has 0 aliphatic carbocycles. The molecule has 0 radical (unpaired) electrons. The standard InChI is InChI=1S/C27H39NO6S/c1-16-8-7-9-20(14-29)10-11-22(17(2)12-21-15-35-19(4)28-21)34-24(31)13-23(30)27(5,6)26(33)18(3)25(16)32/h7,9-10,12,15-16,18,22-23,25,29-30,32H,8,11,13-14H2,1-6H3/t16-,18+,22-,23-,25-/m0/s1. The Bertz CT molecular complexity index is 976. The molecule has 0 bridgehead atoms. The number of aryl methyl sites for hydroxylation is 1. The fraction of sp³-hybridized carbons (Fsp3) is 0.593. The van der Waals surface area contributed by atoms with Crippen molar-refractivity contribution in [2.24, 2.45) is 17.3 Å². The maximum Gasteiger partial charge on any atom is 0.309 e. The molecule has 194 valence electrons. The summed E-state index contributed by atoms with van der Waals surface area (Å²) in [7, 11) is 0. The molecule has 0 spiro atoms. The number of carbonyl (C=O) groups is 2. The van der Waals surface area contributed by atoms with Gasteiger partial charge in [0.25, 0.3) is 0 Å². The van der Waals surface area contributed by atoms with Gasteiger partial charge in [-0.1, -0.05) is 45.9 Å². The summed E-state index contributed by atoms with van der Waals surface area (Å²) in [5.74, 6) is -1.88. The molecule has 1 aromatic heterocycles. The van der Waals surface area contributed by atoms with Crippen LogP contribution in [0.5, 0.6) is 0 Å². The number of rotatable bonds is 3. The molecule has 2 heterocycles. The molecule has 0 aromatic carbocycles. The number of allylic oxidation sites excluding steroid dienone is 1. The van der Waals surface area contributed by atoms with Crippen molar-refractivity contribution in [2.45, 2.75) is 79.1 Å². The first-order valence-corrected chi connectivity index (χ1v) is 12.9. The van der Waals surface area contributed by atoms with Crippen LogP contribution in [-0.2, 0) is 14.3 Å². The molecule has 7 nitrogen and oxygen atoms in total. The van der Waals surface area contributed by atoms with E-state index in [4.69, 9.17) is 4.74 Å². The van der Waals surface area contributed by atoms with Crippen molar-refractivity contribution in [3.05, 3.63) is 45.5 Å². The van der Waals surface area contributed by atoms with Gasteiger partial charge in [-0.15, -0.1) is 11.3 Å². The average molecular weight is 506 g/mol. The summed E-state index contributed by atoms with van der Waals surface area (Å²) in [6.07, 6.45) is 5.00. The van der Waals surface area contributed by atoms with Gasteiger partial charge in [0.1, 0.15) is 11.9 Å². The number of carbonyl (C=O) groups excluding carboxylic acids is 2. The Morgan fingerprint density at radius 2 is 1.94 bits per heavy atom. The number of esters is 1. The number of aliphatic hydroxyl groups is 3. The summed E-state index contributed by atoms with van der Waals surface area (Å²) in [5.41, 5.74) is 0.960. The maximum atomic E-state index is 13.2. The molecule has 1 aliphatic rings. The summed E-state index contributed by atoms with van der Waals surface area (Å²) in [6, 6.07) is 0. The minimum Gasteiger partial charge on any atom is -0.457 e. The molecule has 0 saturated heterocycles. The zero-order valence-corrected chi connectivity index (χ0v) is 22.3. The second kappa shape index (κ2) is 12.7.